The van der Waals surface area contributed by atoms with Crippen LogP contribution in [0.5, 0.6) is 0 Å². The predicted octanol–water partition coefficient (Wildman–Crippen LogP) is 5.37. The molecule has 5 atom stereocenters. The fraction of sp³-hybridized carbons (Fsp3) is 0.519. The van der Waals surface area contributed by atoms with Gasteiger partial charge in [-0.2, -0.15) is 5.10 Å². The number of furan rings is 2. The third-order valence-corrected chi connectivity index (χ3v) is 8.12. The molecule has 5 unspecified atom stereocenters. The molecule has 2 aromatic heterocycles. The van der Waals surface area contributed by atoms with Gasteiger partial charge in [-0.3, -0.25) is 9.59 Å². The second-order valence-corrected chi connectivity index (χ2v) is 10.2. The molecule has 0 aromatic carbocycles. The molecule has 2 bridgehead atoms. The number of amides is 1. The number of carbonyl (C=O) groups excluding carboxylic acids is 2. The van der Waals surface area contributed by atoms with Crippen LogP contribution in [-0.2, 0) is 14.3 Å². The summed E-state index contributed by atoms with van der Waals surface area (Å²) in [6.45, 7) is -0.294. The van der Waals surface area contributed by atoms with Crippen molar-refractivity contribution in [3.05, 3.63) is 53.9 Å². The molecule has 7 nitrogen and oxygen atoms in total. The molecule has 0 saturated heterocycles. The fourth-order valence-corrected chi connectivity index (χ4v) is 6.60. The fourth-order valence-electron chi connectivity index (χ4n) is 6.60. The van der Waals surface area contributed by atoms with Gasteiger partial charge in [0.25, 0.3) is 5.91 Å². The third-order valence-electron chi connectivity index (χ3n) is 8.12. The van der Waals surface area contributed by atoms with Crippen LogP contribution in [0.3, 0.4) is 0 Å². The molecule has 178 valence electrons. The van der Waals surface area contributed by atoms with Gasteiger partial charge in [-0.05, 0) is 92.2 Å². The number of rotatable bonds is 6. The largest absolute Gasteiger partial charge is 0.467 e. The minimum absolute atomic E-state index is 0.0369. The van der Waals surface area contributed by atoms with Gasteiger partial charge in [0.15, 0.2) is 6.61 Å². The van der Waals surface area contributed by atoms with Gasteiger partial charge in [-0.25, -0.2) is 5.01 Å². The molecule has 3 aliphatic carbocycles. The molecule has 3 fully saturated rings. The lowest BCUT2D eigenvalue weighted by molar-refractivity contribution is -0.154. The van der Waals surface area contributed by atoms with Crippen molar-refractivity contribution < 1.29 is 23.2 Å². The highest BCUT2D eigenvalue weighted by atomic mass is 16.5. The third kappa shape index (κ3) is 4.01. The molecule has 0 spiro atoms. The Morgan fingerprint density at radius 3 is 2.74 bits per heavy atom. The van der Waals surface area contributed by atoms with Crippen LogP contribution >= 0.6 is 0 Å². The SMILES string of the molecule is O=C(CC1CC2CCC1C2)OCC(=O)N1N=C2C(=Cc3ccco3)CCCC2C1c1ccco1. The number of allylic oxidation sites excluding steroid dienone is 1. The molecular formula is C27H30N2O5. The molecule has 4 aliphatic rings. The Labute approximate surface area is 198 Å². The van der Waals surface area contributed by atoms with E-state index < -0.39 is 0 Å². The first-order chi connectivity index (χ1) is 16.7. The summed E-state index contributed by atoms with van der Waals surface area (Å²) >= 11 is 0. The highest BCUT2D eigenvalue weighted by Crippen LogP contribution is 2.49. The standard InChI is InChI=1S/C27H30N2O5/c30-24(16-34-25(31)15-20-13-17-8-9-18(20)12-17)29-27(23-7-3-11-33-23)22-6-1-4-19(26(22)28-29)14-21-5-2-10-32-21/h2-3,5,7,10-11,14,17-18,20,22,27H,1,4,6,8-9,12-13,15-16H2. The Kier molecular flexibility index (Phi) is 5.63. The quantitative estimate of drug-likeness (QED) is 0.539. The van der Waals surface area contributed by atoms with Crippen molar-refractivity contribution in [2.24, 2.45) is 28.8 Å². The minimum atomic E-state index is -0.331. The van der Waals surface area contributed by atoms with Crippen molar-refractivity contribution in [2.75, 3.05) is 6.61 Å². The van der Waals surface area contributed by atoms with Crippen molar-refractivity contribution in [3.63, 3.8) is 0 Å². The van der Waals surface area contributed by atoms with E-state index in [4.69, 9.17) is 18.7 Å². The van der Waals surface area contributed by atoms with E-state index in [0.29, 0.717) is 24.0 Å². The van der Waals surface area contributed by atoms with Crippen molar-refractivity contribution >= 4 is 23.7 Å². The van der Waals surface area contributed by atoms with Crippen LogP contribution in [0.15, 0.2) is 56.3 Å². The topological polar surface area (TPSA) is 85.3 Å². The molecule has 7 heteroatoms. The first-order valence-electron chi connectivity index (χ1n) is 12.5. The summed E-state index contributed by atoms with van der Waals surface area (Å²) in [5.74, 6) is 2.77. The zero-order chi connectivity index (χ0) is 23.1. The van der Waals surface area contributed by atoms with Gasteiger partial charge in [0.1, 0.15) is 17.6 Å². The number of fused-ring (bicyclic) bond motifs is 3. The molecular weight excluding hydrogens is 432 g/mol. The van der Waals surface area contributed by atoms with Crippen LogP contribution in [0, 0.1) is 23.7 Å². The number of carbonyl (C=O) groups is 2. The highest BCUT2D eigenvalue weighted by molar-refractivity contribution is 6.08. The summed E-state index contributed by atoms with van der Waals surface area (Å²) in [5.41, 5.74) is 1.97. The maximum absolute atomic E-state index is 13.2. The minimum Gasteiger partial charge on any atom is -0.467 e. The van der Waals surface area contributed by atoms with E-state index >= 15 is 0 Å². The Balaban J connectivity index is 1.18. The second kappa shape index (κ2) is 8.93. The summed E-state index contributed by atoms with van der Waals surface area (Å²) in [6.07, 6.45) is 13.4. The van der Waals surface area contributed by atoms with E-state index in [-0.39, 0.29) is 30.4 Å². The van der Waals surface area contributed by atoms with Crippen molar-refractivity contribution in [3.8, 4) is 0 Å². The molecule has 0 radical (unpaired) electrons. The summed E-state index contributed by atoms with van der Waals surface area (Å²) < 4.78 is 16.7. The van der Waals surface area contributed by atoms with Gasteiger partial charge >= 0.3 is 5.97 Å². The Morgan fingerprint density at radius 2 is 2.00 bits per heavy atom. The van der Waals surface area contributed by atoms with Gasteiger partial charge in [0.2, 0.25) is 0 Å². The van der Waals surface area contributed by atoms with Crippen LogP contribution in [-0.4, -0.2) is 29.2 Å². The number of hydrogen-bond acceptors (Lipinski definition) is 6. The van der Waals surface area contributed by atoms with Crippen LogP contribution in [0.1, 0.15) is 68.9 Å². The number of hydrogen-bond donors (Lipinski definition) is 0. The summed E-state index contributed by atoms with van der Waals surface area (Å²) in [6, 6.07) is 7.15. The average molecular weight is 463 g/mol. The van der Waals surface area contributed by atoms with Crippen molar-refractivity contribution in [1.29, 1.82) is 0 Å². The zero-order valence-corrected chi connectivity index (χ0v) is 19.2. The molecule has 6 rings (SSSR count). The van der Waals surface area contributed by atoms with Crippen LogP contribution in [0.4, 0.5) is 0 Å². The average Bonchev–Trinajstić information content (AvgIpc) is 3.65. The van der Waals surface area contributed by atoms with Gasteiger partial charge in [-0.1, -0.05) is 6.42 Å². The lowest BCUT2D eigenvalue weighted by Crippen LogP contribution is -2.34. The van der Waals surface area contributed by atoms with Crippen LogP contribution in [0.25, 0.3) is 6.08 Å². The van der Waals surface area contributed by atoms with Gasteiger partial charge in [0, 0.05) is 12.3 Å². The molecule has 1 amide bonds. The van der Waals surface area contributed by atoms with E-state index in [1.54, 1.807) is 12.5 Å². The number of hydrazone groups is 1. The zero-order valence-electron chi connectivity index (χ0n) is 19.2. The van der Waals surface area contributed by atoms with Crippen LogP contribution < -0.4 is 0 Å². The lowest BCUT2D eigenvalue weighted by atomic mass is 9.79. The Morgan fingerprint density at radius 1 is 1.12 bits per heavy atom. The van der Waals surface area contributed by atoms with E-state index in [9.17, 15) is 9.59 Å². The van der Waals surface area contributed by atoms with E-state index in [0.717, 1.165) is 48.6 Å². The summed E-state index contributed by atoms with van der Waals surface area (Å²) in [5, 5.41) is 6.24. The number of ether oxygens (including phenoxy) is 1. The van der Waals surface area contributed by atoms with Crippen molar-refractivity contribution in [2.45, 2.75) is 57.4 Å². The molecule has 3 heterocycles. The maximum Gasteiger partial charge on any atom is 0.306 e. The monoisotopic (exact) mass is 462 g/mol. The van der Waals surface area contributed by atoms with Gasteiger partial charge < -0.3 is 13.6 Å². The van der Waals surface area contributed by atoms with Gasteiger partial charge in [-0.15, -0.1) is 0 Å². The summed E-state index contributed by atoms with van der Waals surface area (Å²) in [4.78, 5) is 25.8. The maximum atomic E-state index is 13.2. The Hall–Kier alpha value is -3.09. The Bertz CT molecular complexity index is 1100. The molecule has 34 heavy (non-hydrogen) atoms. The van der Waals surface area contributed by atoms with Crippen molar-refractivity contribution in [1.82, 2.24) is 5.01 Å². The smallest absolute Gasteiger partial charge is 0.306 e. The number of nitrogens with zero attached hydrogens (tertiary/aromatic N) is 2. The highest BCUT2D eigenvalue weighted by Gasteiger charge is 2.45. The second-order valence-electron chi connectivity index (χ2n) is 10.2. The van der Waals surface area contributed by atoms with Gasteiger partial charge in [0.05, 0.1) is 18.2 Å². The lowest BCUT2D eigenvalue weighted by Gasteiger charge is -2.27. The van der Waals surface area contributed by atoms with E-state index in [1.165, 1.54) is 24.3 Å². The normalized spacial score (nSPS) is 31.1. The van der Waals surface area contributed by atoms with E-state index in [2.05, 4.69) is 0 Å². The van der Waals surface area contributed by atoms with E-state index in [1.807, 2.05) is 30.3 Å². The van der Waals surface area contributed by atoms with Crippen LogP contribution in [0.2, 0.25) is 0 Å². The molecule has 1 aliphatic heterocycles. The molecule has 3 saturated carbocycles. The first kappa shape index (κ1) is 21.4. The number of esters is 1. The summed E-state index contributed by atoms with van der Waals surface area (Å²) in [7, 11) is 0. The first-order valence-corrected chi connectivity index (χ1v) is 12.5. The molecule has 2 aromatic rings. The molecule has 0 N–H and O–H groups in total. The predicted molar refractivity (Wildman–Crippen MR) is 124 cm³/mol.